The minimum absolute atomic E-state index is 0.0690. The number of nitrogens with one attached hydrogen (secondary N) is 1. The summed E-state index contributed by atoms with van der Waals surface area (Å²) < 4.78 is 5.23. The van der Waals surface area contributed by atoms with Crippen LogP contribution in [0.1, 0.15) is 43.7 Å². The van der Waals surface area contributed by atoms with Gasteiger partial charge in [-0.2, -0.15) is 0 Å². The van der Waals surface area contributed by atoms with Gasteiger partial charge in [0.2, 0.25) is 0 Å². The minimum Gasteiger partial charge on any atom is -0.444 e. The van der Waals surface area contributed by atoms with Crippen LogP contribution in [0, 0.1) is 6.92 Å². The summed E-state index contributed by atoms with van der Waals surface area (Å²) in [5.74, 6) is 0.297. The fourth-order valence-corrected chi connectivity index (χ4v) is 2.70. The predicted octanol–water partition coefficient (Wildman–Crippen LogP) is 4.55. The fraction of sp³-hybridized carbons (Fsp3) is 0.286. The Labute approximate surface area is 163 Å². The van der Waals surface area contributed by atoms with Crippen LogP contribution in [0.5, 0.6) is 0 Å². The molecule has 0 radical (unpaired) electrons. The molecule has 0 saturated heterocycles. The molecule has 0 spiro atoms. The second-order valence-corrected chi connectivity index (χ2v) is 7.55. The van der Waals surface area contributed by atoms with E-state index in [4.69, 9.17) is 4.74 Å². The van der Waals surface area contributed by atoms with Crippen LogP contribution in [0.4, 0.5) is 10.6 Å². The number of hydrogen-bond donors (Lipinski definition) is 1. The molecule has 0 aliphatic carbocycles. The van der Waals surface area contributed by atoms with Gasteiger partial charge in [-0.1, -0.05) is 0 Å². The topological polar surface area (TPSA) is 94.1 Å². The fourth-order valence-electron chi connectivity index (χ4n) is 2.70. The quantitative estimate of drug-likeness (QED) is 0.672. The van der Waals surface area contributed by atoms with Crippen molar-refractivity contribution in [3.8, 4) is 11.1 Å². The van der Waals surface area contributed by atoms with E-state index in [1.54, 1.807) is 51.5 Å². The van der Waals surface area contributed by atoms with Crippen molar-refractivity contribution in [1.29, 1.82) is 0 Å². The van der Waals surface area contributed by atoms with Crippen LogP contribution >= 0.6 is 0 Å². The number of anilines is 1. The molecule has 28 heavy (non-hydrogen) atoms. The molecule has 3 aromatic heterocycles. The van der Waals surface area contributed by atoms with Crippen LogP contribution in [-0.4, -0.2) is 32.4 Å². The van der Waals surface area contributed by atoms with Gasteiger partial charge in [0.25, 0.3) is 0 Å². The molecular weight excluding hydrogens is 356 g/mol. The molecule has 0 fully saturated rings. The smallest absolute Gasteiger partial charge is 0.413 e. The lowest BCUT2D eigenvalue weighted by Gasteiger charge is -2.19. The van der Waals surface area contributed by atoms with E-state index in [-0.39, 0.29) is 5.78 Å². The van der Waals surface area contributed by atoms with Gasteiger partial charge in [0.05, 0.1) is 5.52 Å². The first-order valence-corrected chi connectivity index (χ1v) is 8.86. The Kier molecular flexibility index (Phi) is 5.09. The number of Topliss-reactive ketones (excluding diaryl/α,β-unsaturated/α-hetero) is 1. The van der Waals surface area contributed by atoms with Gasteiger partial charge in [0.1, 0.15) is 17.1 Å². The Hall–Kier alpha value is -3.35. The van der Waals surface area contributed by atoms with Crippen molar-refractivity contribution in [2.45, 2.75) is 40.2 Å². The lowest BCUT2D eigenvalue weighted by molar-refractivity contribution is 0.0635. The van der Waals surface area contributed by atoms with Gasteiger partial charge in [-0.05, 0) is 45.4 Å². The number of aryl methyl sites for hydroxylation is 1. The number of ether oxygens (including phenoxy) is 1. The zero-order chi connectivity index (χ0) is 20.5. The summed E-state index contributed by atoms with van der Waals surface area (Å²) in [5.41, 5.74) is 3.26. The van der Waals surface area contributed by atoms with Crippen molar-refractivity contribution >= 4 is 28.6 Å². The van der Waals surface area contributed by atoms with E-state index in [9.17, 15) is 9.59 Å². The van der Waals surface area contributed by atoms with E-state index < -0.39 is 11.7 Å². The first kappa shape index (κ1) is 19.4. The lowest BCUT2D eigenvalue weighted by Crippen LogP contribution is -2.27. The zero-order valence-corrected chi connectivity index (χ0v) is 16.5. The summed E-state index contributed by atoms with van der Waals surface area (Å²) >= 11 is 0. The number of aromatic nitrogens is 3. The Morgan fingerprint density at radius 3 is 2.39 bits per heavy atom. The second kappa shape index (κ2) is 7.34. The third kappa shape index (κ3) is 4.49. The van der Waals surface area contributed by atoms with Crippen LogP contribution < -0.4 is 5.32 Å². The van der Waals surface area contributed by atoms with E-state index in [0.29, 0.717) is 17.0 Å². The number of rotatable bonds is 3. The number of ketones is 1. The SMILES string of the molecule is CC(=O)c1cc(C)c(-c2cnc3cc(NC(=O)OC(C)(C)C)ncc3c2)cn1. The summed E-state index contributed by atoms with van der Waals surface area (Å²) in [5, 5.41) is 3.43. The third-order valence-electron chi connectivity index (χ3n) is 3.98. The van der Waals surface area contributed by atoms with Crippen molar-refractivity contribution in [1.82, 2.24) is 15.0 Å². The Morgan fingerprint density at radius 2 is 1.75 bits per heavy atom. The molecule has 0 unspecified atom stereocenters. The van der Waals surface area contributed by atoms with E-state index in [1.807, 2.05) is 13.0 Å². The average molecular weight is 378 g/mol. The van der Waals surface area contributed by atoms with Gasteiger partial charge in [0.15, 0.2) is 5.78 Å². The molecule has 0 saturated carbocycles. The second-order valence-electron chi connectivity index (χ2n) is 7.55. The highest BCUT2D eigenvalue weighted by Gasteiger charge is 2.17. The number of carbonyl (C=O) groups is 2. The normalized spacial score (nSPS) is 11.3. The molecule has 0 aliphatic rings. The number of nitrogens with zero attached hydrogens (tertiary/aromatic N) is 3. The van der Waals surface area contributed by atoms with E-state index in [0.717, 1.165) is 22.1 Å². The molecule has 3 heterocycles. The number of hydrogen-bond acceptors (Lipinski definition) is 6. The summed E-state index contributed by atoms with van der Waals surface area (Å²) in [6.07, 6.45) is 4.49. The van der Waals surface area contributed by atoms with Crippen LogP contribution in [0.25, 0.3) is 22.0 Å². The number of carbonyl (C=O) groups excluding carboxylic acids is 2. The summed E-state index contributed by atoms with van der Waals surface area (Å²) in [7, 11) is 0. The summed E-state index contributed by atoms with van der Waals surface area (Å²) in [6.45, 7) is 8.81. The first-order chi connectivity index (χ1) is 13.1. The van der Waals surface area contributed by atoms with Crippen molar-refractivity contribution < 1.29 is 14.3 Å². The van der Waals surface area contributed by atoms with Gasteiger partial charge in [-0.3, -0.25) is 20.1 Å². The number of fused-ring (bicyclic) bond motifs is 1. The maximum absolute atomic E-state index is 11.9. The molecule has 1 N–H and O–H groups in total. The minimum atomic E-state index is -0.585. The molecule has 0 bridgehead atoms. The maximum atomic E-state index is 11.9. The van der Waals surface area contributed by atoms with Crippen molar-refractivity contribution in [3.05, 3.63) is 48.0 Å². The largest absolute Gasteiger partial charge is 0.444 e. The van der Waals surface area contributed by atoms with Crippen LogP contribution in [0.3, 0.4) is 0 Å². The van der Waals surface area contributed by atoms with Crippen molar-refractivity contribution in [2.24, 2.45) is 0 Å². The maximum Gasteiger partial charge on any atom is 0.413 e. The van der Waals surface area contributed by atoms with Gasteiger partial charge < -0.3 is 4.74 Å². The van der Waals surface area contributed by atoms with Crippen molar-refractivity contribution in [2.75, 3.05) is 5.32 Å². The van der Waals surface area contributed by atoms with Crippen LogP contribution in [-0.2, 0) is 4.74 Å². The summed E-state index contributed by atoms with van der Waals surface area (Å²) in [4.78, 5) is 36.3. The van der Waals surface area contributed by atoms with E-state index >= 15 is 0 Å². The van der Waals surface area contributed by atoms with Gasteiger partial charge >= 0.3 is 6.09 Å². The molecule has 0 aromatic carbocycles. The molecule has 144 valence electrons. The molecule has 0 aliphatic heterocycles. The Balaban J connectivity index is 1.87. The average Bonchev–Trinajstić information content (AvgIpc) is 2.59. The molecule has 1 amide bonds. The van der Waals surface area contributed by atoms with Gasteiger partial charge in [0, 0.05) is 48.1 Å². The third-order valence-corrected chi connectivity index (χ3v) is 3.98. The highest BCUT2D eigenvalue weighted by molar-refractivity contribution is 5.93. The number of pyridine rings is 3. The first-order valence-electron chi connectivity index (χ1n) is 8.86. The predicted molar refractivity (Wildman–Crippen MR) is 107 cm³/mol. The van der Waals surface area contributed by atoms with Crippen molar-refractivity contribution in [3.63, 3.8) is 0 Å². The standard InChI is InChI=1S/C21H22N4O3/c1-12-6-17(13(2)26)23-11-16(12)14-7-15-10-24-19(8-18(15)22-9-14)25-20(27)28-21(3,4)5/h6-11H,1-5H3,(H,24,25,27). The highest BCUT2D eigenvalue weighted by Crippen LogP contribution is 2.26. The Morgan fingerprint density at radius 1 is 1.00 bits per heavy atom. The van der Waals surface area contributed by atoms with E-state index in [1.165, 1.54) is 6.92 Å². The lowest BCUT2D eigenvalue weighted by atomic mass is 10.0. The molecule has 7 nitrogen and oxygen atoms in total. The molecular formula is C21H22N4O3. The molecule has 3 aromatic rings. The molecule has 3 rings (SSSR count). The summed E-state index contributed by atoms with van der Waals surface area (Å²) in [6, 6.07) is 5.41. The van der Waals surface area contributed by atoms with Crippen LogP contribution in [0.2, 0.25) is 0 Å². The molecule has 0 atom stereocenters. The zero-order valence-electron chi connectivity index (χ0n) is 16.5. The monoisotopic (exact) mass is 378 g/mol. The van der Waals surface area contributed by atoms with Crippen LogP contribution in [0.15, 0.2) is 36.8 Å². The van der Waals surface area contributed by atoms with Gasteiger partial charge in [-0.15, -0.1) is 0 Å². The molecule has 7 heteroatoms. The highest BCUT2D eigenvalue weighted by atomic mass is 16.6. The van der Waals surface area contributed by atoms with E-state index in [2.05, 4.69) is 20.3 Å². The number of amides is 1. The van der Waals surface area contributed by atoms with Gasteiger partial charge in [-0.25, -0.2) is 9.78 Å². The Bertz CT molecular complexity index is 1070.